The Morgan fingerprint density at radius 1 is 1.50 bits per heavy atom. The molecule has 1 aromatic rings. The molecule has 0 aromatic carbocycles. The molecular weight excluding hydrogens is 184 g/mol. The highest BCUT2D eigenvalue weighted by Crippen LogP contribution is 2.22. The average molecular weight is 200 g/mol. The topological polar surface area (TPSA) is 70.5 Å². The summed E-state index contributed by atoms with van der Waals surface area (Å²) in [7, 11) is 3.22. The van der Waals surface area contributed by atoms with E-state index in [0.717, 1.165) is 12.1 Å². The van der Waals surface area contributed by atoms with Crippen LogP contribution in [-0.2, 0) is 9.47 Å². The maximum atomic E-state index is 5.42. The van der Waals surface area contributed by atoms with Crippen LogP contribution in [0.15, 0.2) is 10.6 Å². The standard InChI is InChI=1S/C9H16N2O3/c1-6(4-9(12-2)13-3)7-5-8(10)14-11-7/h5-6,9H,4,10H2,1-3H3. The molecule has 0 aliphatic heterocycles. The number of nitrogens with two attached hydrogens (primary N) is 1. The van der Waals surface area contributed by atoms with E-state index in [9.17, 15) is 0 Å². The summed E-state index contributed by atoms with van der Waals surface area (Å²) < 4.78 is 15.0. The van der Waals surface area contributed by atoms with E-state index in [2.05, 4.69) is 5.16 Å². The molecule has 1 atom stereocenters. The van der Waals surface area contributed by atoms with Crippen LogP contribution in [0.3, 0.4) is 0 Å². The first-order valence-corrected chi connectivity index (χ1v) is 4.45. The normalized spacial score (nSPS) is 13.4. The molecule has 1 heterocycles. The van der Waals surface area contributed by atoms with E-state index in [1.165, 1.54) is 0 Å². The van der Waals surface area contributed by atoms with E-state index in [0.29, 0.717) is 5.88 Å². The fraction of sp³-hybridized carbons (Fsp3) is 0.667. The van der Waals surface area contributed by atoms with E-state index in [-0.39, 0.29) is 12.2 Å². The summed E-state index contributed by atoms with van der Waals surface area (Å²) in [5.74, 6) is 0.527. The first-order valence-electron chi connectivity index (χ1n) is 4.45. The zero-order chi connectivity index (χ0) is 10.6. The first kappa shape index (κ1) is 11.0. The third-order valence-electron chi connectivity index (χ3n) is 2.12. The third kappa shape index (κ3) is 2.71. The van der Waals surface area contributed by atoms with Crippen LogP contribution in [0.1, 0.15) is 25.0 Å². The molecule has 0 saturated carbocycles. The van der Waals surface area contributed by atoms with Gasteiger partial charge >= 0.3 is 0 Å². The second-order valence-electron chi connectivity index (χ2n) is 3.19. The van der Waals surface area contributed by atoms with Gasteiger partial charge < -0.3 is 19.7 Å². The Labute approximate surface area is 83.2 Å². The lowest BCUT2D eigenvalue weighted by Crippen LogP contribution is -2.16. The predicted molar refractivity (Wildman–Crippen MR) is 51.8 cm³/mol. The maximum Gasteiger partial charge on any atom is 0.222 e. The Morgan fingerprint density at radius 2 is 2.14 bits per heavy atom. The van der Waals surface area contributed by atoms with Crippen molar-refractivity contribution in [2.45, 2.75) is 25.6 Å². The van der Waals surface area contributed by atoms with Crippen molar-refractivity contribution in [3.05, 3.63) is 11.8 Å². The molecule has 0 fully saturated rings. The van der Waals surface area contributed by atoms with Crippen LogP contribution >= 0.6 is 0 Å². The Hall–Kier alpha value is -1.07. The van der Waals surface area contributed by atoms with Crippen LogP contribution in [0.4, 0.5) is 5.88 Å². The van der Waals surface area contributed by atoms with Crippen molar-refractivity contribution in [2.75, 3.05) is 20.0 Å². The van der Waals surface area contributed by atoms with Gasteiger partial charge in [-0.3, -0.25) is 0 Å². The third-order valence-corrected chi connectivity index (χ3v) is 2.12. The van der Waals surface area contributed by atoms with Gasteiger partial charge in [0.15, 0.2) is 6.29 Å². The molecule has 1 unspecified atom stereocenters. The lowest BCUT2D eigenvalue weighted by Gasteiger charge is -2.16. The molecule has 80 valence electrons. The molecule has 2 N–H and O–H groups in total. The zero-order valence-electron chi connectivity index (χ0n) is 8.69. The molecule has 0 aliphatic carbocycles. The molecule has 1 aromatic heterocycles. The van der Waals surface area contributed by atoms with Gasteiger partial charge in [-0.2, -0.15) is 0 Å². The molecule has 0 bridgehead atoms. The van der Waals surface area contributed by atoms with E-state index >= 15 is 0 Å². The van der Waals surface area contributed by atoms with E-state index in [4.69, 9.17) is 19.7 Å². The van der Waals surface area contributed by atoms with E-state index in [1.807, 2.05) is 6.92 Å². The fourth-order valence-corrected chi connectivity index (χ4v) is 1.23. The van der Waals surface area contributed by atoms with Gasteiger partial charge in [-0.25, -0.2) is 0 Å². The number of rotatable bonds is 5. The highest BCUT2D eigenvalue weighted by molar-refractivity contribution is 5.25. The van der Waals surface area contributed by atoms with Gasteiger partial charge in [0.2, 0.25) is 5.88 Å². The summed E-state index contributed by atoms with van der Waals surface area (Å²) in [6.45, 7) is 2.02. The Bertz CT molecular complexity index is 271. The number of nitrogens with zero attached hydrogens (tertiary/aromatic N) is 1. The number of ether oxygens (including phenoxy) is 2. The number of hydrogen-bond donors (Lipinski definition) is 1. The van der Waals surface area contributed by atoms with Crippen LogP contribution < -0.4 is 5.73 Å². The summed E-state index contributed by atoms with van der Waals surface area (Å²) in [6.07, 6.45) is 0.502. The van der Waals surface area contributed by atoms with Crippen molar-refractivity contribution in [2.24, 2.45) is 0 Å². The quantitative estimate of drug-likeness (QED) is 0.727. The van der Waals surface area contributed by atoms with Gasteiger partial charge in [0.25, 0.3) is 0 Å². The van der Waals surface area contributed by atoms with Crippen molar-refractivity contribution in [1.82, 2.24) is 5.16 Å². The van der Waals surface area contributed by atoms with Gasteiger partial charge in [0.05, 0.1) is 5.69 Å². The number of methoxy groups -OCH3 is 2. The summed E-state index contributed by atoms with van der Waals surface area (Å²) in [5.41, 5.74) is 6.24. The number of hydrogen-bond acceptors (Lipinski definition) is 5. The van der Waals surface area contributed by atoms with Crippen molar-refractivity contribution in [3.63, 3.8) is 0 Å². The van der Waals surface area contributed by atoms with E-state index < -0.39 is 0 Å². The lowest BCUT2D eigenvalue weighted by molar-refractivity contribution is -0.109. The Morgan fingerprint density at radius 3 is 2.57 bits per heavy atom. The molecular formula is C9H16N2O3. The molecule has 14 heavy (non-hydrogen) atoms. The van der Waals surface area contributed by atoms with Crippen LogP contribution in [0.2, 0.25) is 0 Å². The minimum absolute atomic E-state index is 0.195. The fourth-order valence-electron chi connectivity index (χ4n) is 1.23. The summed E-state index contributed by atoms with van der Waals surface area (Å²) in [5, 5.41) is 3.83. The number of nitrogen functional groups attached to an aromatic ring is 1. The van der Waals surface area contributed by atoms with Crippen molar-refractivity contribution in [1.29, 1.82) is 0 Å². The van der Waals surface area contributed by atoms with Gasteiger partial charge in [-0.05, 0) is 0 Å². The summed E-state index contributed by atoms with van der Waals surface area (Å²) >= 11 is 0. The molecule has 5 nitrogen and oxygen atoms in total. The van der Waals surface area contributed by atoms with Crippen molar-refractivity contribution in [3.8, 4) is 0 Å². The second-order valence-corrected chi connectivity index (χ2v) is 3.19. The molecule has 5 heteroatoms. The SMILES string of the molecule is COC(CC(C)c1cc(N)on1)OC. The molecule has 0 spiro atoms. The van der Waals surface area contributed by atoms with Crippen LogP contribution in [0, 0.1) is 0 Å². The number of anilines is 1. The van der Waals surface area contributed by atoms with Crippen molar-refractivity contribution >= 4 is 5.88 Å². The van der Waals surface area contributed by atoms with Crippen LogP contribution in [0.25, 0.3) is 0 Å². The molecule has 1 rings (SSSR count). The van der Waals surface area contributed by atoms with Crippen LogP contribution in [-0.4, -0.2) is 25.7 Å². The minimum atomic E-state index is -0.220. The highest BCUT2D eigenvalue weighted by Gasteiger charge is 2.16. The Kier molecular flexibility index (Phi) is 3.91. The smallest absolute Gasteiger partial charge is 0.222 e. The van der Waals surface area contributed by atoms with Gasteiger partial charge in [0.1, 0.15) is 0 Å². The average Bonchev–Trinajstić information content (AvgIpc) is 2.61. The molecule has 0 radical (unpaired) electrons. The lowest BCUT2D eigenvalue weighted by atomic mass is 10.0. The van der Waals surface area contributed by atoms with Crippen molar-refractivity contribution < 1.29 is 14.0 Å². The van der Waals surface area contributed by atoms with Gasteiger partial charge in [-0.15, -0.1) is 0 Å². The first-order chi connectivity index (χ1) is 6.67. The molecule has 0 aliphatic rings. The molecule has 0 amide bonds. The Balaban J connectivity index is 2.53. The molecule has 0 saturated heterocycles. The number of aromatic nitrogens is 1. The largest absolute Gasteiger partial charge is 0.368 e. The summed E-state index contributed by atoms with van der Waals surface area (Å²) in [4.78, 5) is 0. The monoisotopic (exact) mass is 200 g/mol. The van der Waals surface area contributed by atoms with Crippen LogP contribution in [0.5, 0.6) is 0 Å². The second kappa shape index (κ2) is 4.97. The van der Waals surface area contributed by atoms with E-state index in [1.54, 1.807) is 20.3 Å². The predicted octanol–water partition coefficient (Wildman–Crippen LogP) is 1.37. The maximum absolute atomic E-state index is 5.42. The minimum Gasteiger partial charge on any atom is -0.368 e. The zero-order valence-corrected chi connectivity index (χ0v) is 8.69. The summed E-state index contributed by atoms with van der Waals surface area (Å²) in [6, 6.07) is 1.72. The highest BCUT2D eigenvalue weighted by atomic mass is 16.7. The van der Waals surface area contributed by atoms with Gasteiger partial charge in [-0.1, -0.05) is 12.1 Å². The van der Waals surface area contributed by atoms with Gasteiger partial charge in [0, 0.05) is 32.6 Å².